The Labute approximate surface area is 120 Å². The molecule has 1 atom stereocenters. The number of hydrogen-bond acceptors (Lipinski definition) is 2. The first-order chi connectivity index (χ1) is 9.68. The van der Waals surface area contributed by atoms with Gasteiger partial charge in [0.15, 0.2) is 0 Å². The second-order valence-electron chi connectivity index (χ2n) is 5.46. The van der Waals surface area contributed by atoms with Crippen LogP contribution in [0.15, 0.2) is 24.3 Å². The van der Waals surface area contributed by atoms with Gasteiger partial charge in [0.05, 0.1) is 5.54 Å². The van der Waals surface area contributed by atoms with E-state index in [2.05, 4.69) is 17.6 Å². The molecule has 1 aromatic rings. The lowest BCUT2D eigenvalue weighted by Gasteiger charge is -2.27. The van der Waals surface area contributed by atoms with Gasteiger partial charge in [-0.1, -0.05) is 31.5 Å². The molecule has 1 unspecified atom stereocenters. The van der Waals surface area contributed by atoms with Crippen molar-refractivity contribution in [2.75, 3.05) is 13.1 Å². The van der Waals surface area contributed by atoms with Crippen molar-refractivity contribution in [1.29, 1.82) is 0 Å². The smallest absolute Gasteiger partial charge is 0.240 e. The molecule has 1 aliphatic heterocycles. The van der Waals surface area contributed by atoms with Gasteiger partial charge in [0, 0.05) is 6.54 Å². The molecule has 110 valence electrons. The third-order valence-electron chi connectivity index (χ3n) is 3.99. The highest BCUT2D eigenvalue weighted by molar-refractivity contribution is 5.86. The molecule has 0 spiro atoms. The Balaban J connectivity index is 1.87. The van der Waals surface area contributed by atoms with Crippen molar-refractivity contribution in [2.24, 2.45) is 0 Å². The molecule has 1 fully saturated rings. The number of hydrogen-bond donors (Lipinski definition) is 2. The standard InChI is InChI=1S/C16H23FN2O/c1-2-9-16(10-5-11-19-16)15(20)18-12-8-13-6-3-4-7-14(13)17/h3-4,6-7,19H,2,5,8-12H2,1H3,(H,18,20). The maximum absolute atomic E-state index is 13.5. The summed E-state index contributed by atoms with van der Waals surface area (Å²) in [6.45, 7) is 3.47. The summed E-state index contributed by atoms with van der Waals surface area (Å²) in [4.78, 5) is 12.4. The summed E-state index contributed by atoms with van der Waals surface area (Å²) < 4.78 is 13.5. The Morgan fingerprint density at radius 1 is 1.45 bits per heavy atom. The van der Waals surface area contributed by atoms with Crippen LogP contribution in [0.2, 0.25) is 0 Å². The quantitative estimate of drug-likeness (QED) is 0.839. The number of carbonyl (C=O) groups excluding carboxylic acids is 1. The van der Waals surface area contributed by atoms with Crippen LogP contribution in [0.25, 0.3) is 0 Å². The van der Waals surface area contributed by atoms with E-state index < -0.39 is 5.54 Å². The molecule has 20 heavy (non-hydrogen) atoms. The lowest BCUT2D eigenvalue weighted by atomic mass is 9.91. The number of benzene rings is 1. The summed E-state index contributed by atoms with van der Waals surface area (Å²) in [5.74, 6) is -0.141. The Bertz CT molecular complexity index is 456. The maximum atomic E-state index is 13.5. The summed E-state index contributed by atoms with van der Waals surface area (Å²) in [6, 6.07) is 6.71. The number of halogens is 1. The first-order valence-electron chi connectivity index (χ1n) is 7.45. The highest BCUT2D eigenvalue weighted by Crippen LogP contribution is 2.24. The first-order valence-corrected chi connectivity index (χ1v) is 7.45. The molecule has 0 saturated carbocycles. The third-order valence-corrected chi connectivity index (χ3v) is 3.99. The van der Waals surface area contributed by atoms with E-state index in [0.29, 0.717) is 18.5 Å². The van der Waals surface area contributed by atoms with Crippen molar-refractivity contribution < 1.29 is 9.18 Å². The molecule has 0 aromatic heterocycles. The van der Waals surface area contributed by atoms with Crippen molar-refractivity contribution >= 4 is 5.91 Å². The van der Waals surface area contributed by atoms with Crippen LogP contribution in [0.3, 0.4) is 0 Å². The average Bonchev–Trinajstić information content (AvgIpc) is 2.91. The van der Waals surface area contributed by atoms with Crippen LogP contribution in [0.1, 0.15) is 38.2 Å². The molecule has 2 N–H and O–H groups in total. The van der Waals surface area contributed by atoms with Crippen molar-refractivity contribution in [3.05, 3.63) is 35.6 Å². The first kappa shape index (κ1) is 15.0. The summed E-state index contributed by atoms with van der Waals surface area (Å²) in [5, 5.41) is 6.30. The third kappa shape index (κ3) is 3.37. The largest absolute Gasteiger partial charge is 0.354 e. The van der Waals surface area contributed by atoms with E-state index in [9.17, 15) is 9.18 Å². The molecule has 0 aliphatic carbocycles. The highest BCUT2D eigenvalue weighted by atomic mass is 19.1. The molecule has 3 nitrogen and oxygen atoms in total. The summed E-state index contributed by atoms with van der Waals surface area (Å²) >= 11 is 0. The van der Waals surface area contributed by atoms with Gasteiger partial charge in [-0.2, -0.15) is 0 Å². The molecule has 4 heteroatoms. The van der Waals surface area contributed by atoms with E-state index >= 15 is 0 Å². The van der Waals surface area contributed by atoms with Gasteiger partial charge in [-0.05, 0) is 43.9 Å². The fraction of sp³-hybridized carbons (Fsp3) is 0.562. The van der Waals surface area contributed by atoms with Crippen LogP contribution in [-0.2, 0) is 11.2 Å². The Hall–Kier alpha value is -1.42. The van der Waals surface area contributed by atoms with Gasteiger partial charge in [0.1, 0.15) is 5.82 Å². The van der Waals surface area contributed by atoms with Crippen LogP contribution in [-0.4, -0.2) is 24.5 Å². The van der Waals surface area contributed by atoms with Gasteiger partial charge in [-0.3, -0.25) is 4.79 Å². The molecule has 1 aliphatic rings. The molecule has 1 amide bonds. The number of amides is 1. The zero-order chi connectivity index (χ0) is 14.4. The Kier molecular flexibility index (Phi) is 5.12. The minimum Gasteiger partial charge on any atom is -0.354 e. The van der Waals surface area contributed by atoms with Crippen molar-refractivity contribution in [3.8, 4) is 0 Å². The lowest BCUT2D eigenvalue weighted by molar-refractivity contribution is -0.127. The fourth-order valence-corrected chi connectivity index (χ4v) is 2.93. The van der Waals surface area contributed by atoms with Gasteiger partial charge < -0.3 is 10.6 Å². The zero-order valence-corrected chi connectivity index (χ0v) is 12.0. The normalized spacial score (nSPS) is 21.9. The molecule has 2 rings (SSSR count). The van der Waals surface area contributed by atoms with Crippen LogP contribution >= 0.6 is 0 Å². The van der Waals surface area contributed by atoms with Gasteiger partial charge in [-0.15, -0.1) is 0 Å². The van der Waals surface area contributed by atoms with Crippen molar-refractivity contribution in [1.82, 2.24) is 10.6 Å². The monoisotopic (exact) mass is 278 g/mol. The number of carbonyl (C=O) groups is 1. The van der Waals surface area contributed by atoms with E-state index in [1.807, 2.05) is 6.07 Å². The second kappa shape index (κ2) is 6.84. The van der Waals surface area contributed by atoms with E-state index in [4.69, 9.17) is 0 Å². The van der Waals surface area contributed by atoms with Gasteiger partial charge >= 0.3 is 0 Å². The Morgan fingerprint density at radius 2 is 2.25 bits per heavy atom. The number of rotatable bonds is 6. The van der Waals surface area contributed by atoms with E-state index in [1.54, 1.807) is 12.1 Å². The zero-order valence-electron chi connectivity index (χ0n) is 12.0. The molecular weight excluding hydrogens is 255 g/mol. The molecule has 1 heterocycles. The van der Waals surface area contributed by atoms with E-state index in [0.717, 1.165) is 32.2 Å². The van der Waals surface area contributed by atoms with Crippen LogP contribution in [0, 0.1) is 5.82 Å². The average molecular weight is 278 g/mol. The molecular formula is C16H23FN2O. The van der Waals surface area contributed by atoms with Gasteiger partial charge in [0.25, 0.3) is 0 Å². The molecule has 1 aromatic carbocycles. The van der Waals surface area contributed by atoms with Crippen LogP contribution < -0.4 is 10.6 Å². The van der Waals surface area contributed by atoms with Crippen LogP contribution in [0.4, 0.5) is 4.39 Å². The lowest BCUT2D eigenvalue weighted by Crippen LogP contribution is -2.53. The minimum atomic E-state index is -0.399. The summed E-state index contributed by atoms with van der Waals surface area (Å²) in [6.07, 6.45) is 4.31. The minimum absolute atomic E-state index is 0.0631. The predicted molar refractivity (Wildman–Crippen MR) is 78.0 cm³/mol. The van der Waals surface area contributed by atoms with Gasteiger partial charge in [-0.25, -0.2) is 4.39 Å². The predicted octanol–water partition coefficient (Wildman–Crippen LogP) is 2.41. The summed E-state index contributed by atoms with van der Waals surface area (Å²) in [5.41, 5.74) is 0.251. The van der Waals surface area contributed by atoms with Crippen molar-refractivity contribution in [3.63, 3.8) is 0 Å². The second-order valence-corrected chi connectivity index (χ2v) is 5.46. The molecule has 0 radical (unpaired) electrons. The Morgan fingerprint density at radius 3 is 2.90 bits per heavy atom. The number of nitrogens with one attached hydrogen (secondary N) is 2. The van der Waals surface area contributed by atoms with E-state index in [-0.39, 0.29) is 11.7 Å². The molecule has 0 bridgehead atoms. The SMILES string of the molecule is CCCC1(C(=O)NCCc2ccccc2F)CCCN1. The summed E-state index contributed by atoms with van der Waals surface area (Å²) in [7, 11) is 0. The highest BCUT2D eigenvalue weighted by Gasteiger charge is 2.39. The topological polar surface area (TPSA) is 41.1 Å². The maximum Gasteiger partial charge on any atom is 0.240 e. The fourth-order valence-electron chi connectivity index (χ4n) is 2.93. The van der Waals surface area contributed by atoms with Crippen LogP contribution in [0.5, 0.6) is 0 Å². The van der Waals surface area contributed by atoms with Gasteiger partial charge in [0.2, 0.25) is 5.91 Å². The van der Waals surface area contributed by atoms with Crippen molar-refractivity contribution in [2.45, 2.75) is 44.6 Å². The molecule has 1 saturated heterocycles. The van der Waals surface area contributed by atoms with E-state index in [1.165, 1.54) is 6.07 Å².